The lowest BCUT2D eigenvalue weighted by molar-refractivity contribution is -0.146. The van der Waals surface area contributed by atoms with Gasteiger partial charge >= 0.3 is 5.97 Å². The van der Waals surface area contributed by atoms with Crippen LogP contribution in [0.5, 0.6) is 0 Å². The molecule has 0 saturated heterocycles. The van der Waals surface area contributed by atoms with E-state index in [0.29, 0.717) is 5.56 Å². The van der Waals surface area contributed by atoms with E-state index in [1.54, 1.807) is 11.4 Å². The number of rotatable bonds is 5. The summed E-state index contributed by atoms with van der Waals surface area (Å²) < 4.78 is 0. The van der Waals surface area contributed by atoms with Crippen molar-refractivity contribution in [1.82, 2.24) is 5.32 Å². The maximum atomic E-state index is 11.3. The Bertz CT molecular complexity index is 363. The SMILES string of the molecule is CC(C(=O)O)C(=O)NCC(O)c1ccsc1. The first-order valence-electron chi connectivity index (χ1n) is 4.73. The largest absolute Gasteiger partial charge is 0.481 e. The molecular weight excluding hydrogens is 230 g/mol. The van der Waals surface area contributed by atoms with Gasteiger partial charge in [0.1, 0.15) is 5.92 Å². The van der Waals surface area contributed by atoms with E-state index in [1.807, 2.05) is 5.38 Å². The quantitative estimate of drug-likeness (QED) is 0.662. The summed E-state index contributed by atoms with van der Waals surface area (Å²) in [4.78, 5) is 21.8. The summed E-state index contributed by atoms with van der Waals surface area (Å²) in [6.07, 6.45) is -0.795. The number of carboxylic acids is 1. The lowest BCUT2D eigenvalue weighted by Gasteiger charge is -2.12. The third-order valence-electron chi connectivity index (χ3n) is 2.16. The molecule has 5 nitrogen and oxygen atoms in total. The van der Waals surface area contributed by atoms with Crippen LogP contribution in [0.2, 0.25) is 0 Å². The van der Waals surface area contributed by atoms with E-state index in [2.05, 4.69) is 5.32 Å². The van der Waals surface area contributed by atoms with Gasteiger partial charge in [-0.15, -0.1) is 0 Å². The van der Waals surface area contributed by atoms with E-state index in [0.717, 1.165) is 0 Å². The summed E-state index contributed by atoms with van der Waals surface area (Å²) in [6.45, 7) is 1.32. The number of hydrogen-bond acceptors (Lipinski definition) is 4. The highest BCUT2D eigenvalue weighted by Crippen LogP contribution is 2.15. The molecular formula is C10H13NO4S. The lowest BCUT2D eigenvalue weighted by Crippen LogP contribution is -2.35. The number of aliphatic hydroxyl groups excluding tert-OH is 1. The summed E-state index contributed by atoms with van der Waals surface area (Å²) in [6, 6.07) is 1.75. The van der Waals surface area contributed by atoms with Crippen LogP contribution in [0, 0.1) is 5.92 Å². The third-order valence-corrected chi connectivity index (χ3v) is 2.86. The molecule has 2 atom stereocenters. The van der Waals surface area contributed by atoms with Crippen molar-refractivity contribution in [1.29, 1.82) is 0 Å². The second kappa shape index (κ2) is 5.62. The van der Waals surface area contributed by atoms with Crippen LogP contribution in [0.25, 0.3) is 0 Å². The molecule has 2 unspecified atom stereocenters. The fourth-order valence-corrected chi connectivity index (χ4v) is 1.75. The predicted molar refractivity (Wildman–Crippen MR) is 59.1 cm³/mol. The van der Waals surface area contributed by atoms with Gasteiger partial charge in [-0.1, -0.05) is 0 Å². The molecule has 0 spiro atoms. The Morgan fingerprint density at radius 2 is 2.25 bits per heavy atom. The topological polar surface area (TPSA) is 86.6 Å². The molecule has 0 aromatic carbocycles. The highest BCUT2D eigenvalue weighted by atomic mass is 32.1. The second-order valence-electron chi connectivity index (χ2n) is 3.38. The van der Waals surface area contributed by atoms with Gasteiger partial charge in [-0.25, -0.2) is 0 Å². The van der Waals surface area contributed by atoms with Gasteiger partial charge in [0.15, 0.2) is 0 Å². The number of carbonyl (C=O) groups is 2. The highest BCUT2D eigenvalue weighted by molar-refractivity contribution is 7.07. The monoisotopic (exact) mass is 243 g/mol. The zero-order valence-corrected chi connectivity index (χ0v) is 9.53. The number of carbonyl (C=O) groups excluding carboxylic acids is 1. The van der Waals surface area contributed by atoms with Crippen LogP contribution in [-0.4, -0.2) is 28.6 Å². The first-order chi connectivity index (χ1) is 7.52. The van der Waals surface area contributed by atoms with Crippen LogP contribution in [0.1, 0.15) is 18.6 Å². The van der Waals surface area contributed by atoms with E-state index in [1.165, 1.54) is 18.3 Å². The van der Waals surface area contributed by atoms with E-state index in [9.17, 15) is 14.7 Å². The molecule has 88 valence electrons. The van der Waals surface area contributed by atoms with Gasteiger partial charge in [0.25, 0.3) is 0 Å². The lowest BCUT2D eigenvalue weighted by atomic mass is 10.1. The normalized spacial score (nSPS) is 14.1. The highest BCUT2D eigenvalue weighted by Gasteiger charge is 2.21. The molecule has 6 heteroatoms. The molecule has 0 aliphatic rings. The Morgan fingerprint density at radius 1 is 1.56 bits per heavy atom. The minimum Gasteiger partial charge on any atom is -0.481 e. The Balaban J connectivity index is 2.40. The van der Waals surface area contributed by atoms with Crippen molar-refractivity contribution >= 4 is 23.2 Å². The molecule has 0 aliphatic heterocycles. The van der Waals surface area contributed by atoms with Gasteiger partial charge < -0.3 is 15.5 Å². The number of carboxylic acid groups (broad SMARTS) is 1. The minimum atomic E-state index is -1.18. The average Bonchev–Trinajstić information content (AvgIpc) is 2.77. The van der Waals surface area contributed by atoms with Gasteiger partial charge in [-0.2, -0.15) is 11.3 Å². The minimum absolute atomic E-state index is 0.0210. The smallest absolute Gasteiger partial charge is 0.315 e. The fraction of sp³-hybridized carbons (Fsp3) is 0.400. The molecule has 0 saturated carbocycles. The van der Waals surface area contributed by atoms with Crippen LogP contribution in [0.15, 0.2) is 16.8 Å². The second-order valence-corrected chi connectivity index (χ2v) is 4.16. The summed E-state index contributed by atoms with van der Waals surface area (Å²) >= 11 is 1.45. The number of aliphatic carboxylic acids is 1. The van der Waals surface area contributed by atoms with Gasteiger partial charge in [0.2, 0.25) is 5.91 Å². The van der Waals surface area contributed by atoms with Crippen molar-refractivity contribution in [2.24, 2.45) is 5.92 Å². The van der Waals surface area contributed by atoms with Gasteiger partial charge in [-0.3, -0.25) is 9.59 Å². The third kappa shape index (κ3) is 3.32. The maximum Gasteiger partial charge on any atom is 0.315 e. The molecule has 16 heavy (non-hydrogen) atoms. The Morgan fingerprint density at radius 3 is 2.75 bits per heavy atom. The number of nitrogens with one attached hydrogen (secondary N) is 1. The summed E-state index contributed by atoms with van der Waals surface area (Å²) in [7, 11) is 0. The van der Waals surface area contributed by atoms with Crippen LogP contribution < -0.4 is 5.32 Å². The maximum absolute atomic E-state index is 11.3. The van der Waals surface area contributed by atoms with Crippen LogP contribution in [-0.2, 0) is 9.59 Å². The van der Waals surface area contributed by atoms with E-state index >= 15 is 0 Å². The molecule has 3 N–H and O–H groups in total. The molecule has 1 amide bonds. The van der Waals surface area contributed by atoms with Crippen molar-refractivity contribution in [2.45, 2.75) is 13.0 Å². The van der Waals surface area contributed by atoms with Crippen molar-refractivity contribution in [3.05, 3.63) is 22.4 Å². The van der Waals surface area contributed by atoms with Gasteiger partial charge in [0.05, 0.1) is 6.10 Å². The van der Waals surface area contributed by atoms with E-state index in [-0.39, 0.29) is 6.54 Å². The van der Waals surface area contributed by atoms with Crippen molar-refractivity contribution < 1.29 is 19.8 Å². The predicted octanol–water partition coefficient (Wildman–Crippen LogP) is 0.618. The van der Waals surface area contributed by atoms with Gasteiger partial charge in [0, 0.05) is 6.54 Å². The molecule has 1 heterocycles. The molecule has 0 fully saturated rings. The Labute approximate surface area is 96.7 Å². The Hall–Kier alpha value is -1.40. The van der Waals surface area contributed by atoms with Crippen LogP contribution >= 0.6 is 11.3 Å². The standard InChI is InChI=1S/C10H13NO4S/c1-6(10(14)15)9(13)11-4-8(12)7-2-3-16-5-7/h2-3,5-6,8,12H,4H2,1H3,(H,11,13)(H,14,15). The average molecular weight is 243 g/mol. The van der Waals surface area contributed by atoms with Crippen LogP contribution in [0.4, 0.5) is 0 Å². The zero-order valence-electron chi connectivity index (χ0n) is 8.71. The van der Waals surface area contributed by atoms with Crippen molar-refractivity contribution in [3.63, 3.8) is 0 Å². The Kier molecular flexibility index (Phi) is 4.45. The number of hydrogen-bond donors (Lipinski definition) is 3. The first kappa shape index (κ1) is 12.7. The molecule has 0 radical (unpaired) electrons. The van der Waals surface area contributed by atoms with E-state index < -0.39 is 23.9 Å². The number of aliphatic hydroxyl groups is 1. The number of amides is 1. The van der Waals surface area contributed by atoms with E-state index in [4.69, 9.17) is 5.11 Å². The molecule has 1 aromatic heterocycles. The fourth-order valence-electron chi connectivity index (χ4n) is 1.04. The molecule has 1 aromatic rings. The van der Waals surface area contributed by atoms with Crippen LogP contribution in [0.3, 0.4) is 0 Å². The number of thiophene rings is 1. The zero-order chi connectivity index (χ0) is 12.1. The first-order valence-corrected chi connectivity index (χ1v) is 5.67. The van der Waals surface area contributed by atoms with Crippen molar-refractivity contribution in [3.8, 4) is 0 Å². The summed E-state index contributed by atoms with van der Waals surface area (Å²) in [5.74, 6) is -2.88. The molecule has 0 bridgehead atoms. The van der Waals surface area contributed by atoms with Crippen molar-refractivity contribution in [2.75, 3.05) is 6.54 Å². The summed E-state index contributed by atoms with van der Waals surface area (Å²) in [5.41, 5.74) is 0.716. The van der Waals surface area contributed by atoms with Gasteiger partial charge in [-0.05, 0) is 29.3 Å². The summed E-state index contributed by atoms with van der Waals surface area (Å²) in [5, 5.41) is 24.2. The molecule has 1 rings (SSSR count). The molecule has 0 aliphatic carbocycles.